The first-order valence-electron chi connectivity index (χ1n) is 8.77. The number of halogens is 1. The Morgan fingerprint density at radius 1 is 1.31 bits per heavy atom. The molecule has 8 heteroatoms. The molecule has 7 nitrogen and oxygen atoms in total. The summed E-state index contributed by atoms with van der Waals surface area (Å²) in [5.41, 5.74) is 7.10. The number of carbonyl (C=O) groups excluding carboxylic acids is 1. The van der Waals surface area contributed by atoms with E-state index in [2.05, 4.69) is 15.3 Å². The molecule has 4 aliphatic rings. The highest BCUT2D eigenvalue weighted by atomic mass is 35.5. The van der Waals surface area contributed by atoms with Gasteiger partial charge in [-0.05, 0) is 55.9 Å². The van der Waals surface area contributed by atoms with E-state index in [-0.39, 0.29) is 17.9 Å². The Balaban J connectivity index is 0.000000980. The standard InChI is InChI=1S/C18H22N4O2.ClH.H2O/c19-16(23)13-8-21-17-12(1-2-20-17)15(13)22-14-10-3-9-4-11(14)7-18(24,5-9)6-10;;/h1-2,8-11,14,24H,3-7H2,(H2,19,23)(H2,20,21,22);1H;1H2/t9-,10+,11-,14-,18+;;. The maximum atomic E-state index is 11.9. The number of rotatable bonds is 3. The molecule has 2 aromatic rings. The molecule has 4 aliphatic carbocycles. The Hall–Kier alpha value is -1.83. The van der Waals surface area contributed by atoms with Gasteiger partial charge >= 0.3 is 0 Å². The van der Waals surface area contributed by atoms with E-state index in [9.17, 15) is 9.90 Å². The van der Waals surface area contributed by atoms with Crippen molar-refractivity contribution < 1.29 is 15.4 Å². The smallest absolute Gasteiger partial charge is 0.252 e. The fourth-order valence-corrected chi connectivity index (χ4v) is 5.73. The van der Waals surface area contributed by atoms with Gasteiger partial charge in [-0.15, -0.1) is 12.4 Å². The second-order valence-electron chi connectivity index (χ2n) is 8.02. The first kappa shape index (κ1) is 18.9. The molecule has 6 rings (SSSR count). The van der Waals surface area contributed by atoms with Crippen molar-refractivity contribution in [3.63, 3.8) is 0 Å². The lowest BCUT2D eigenvalue weighted by Gasteiger charge is -2.58. The Kier molecular flexibility index (Phi) is 4.67. The molecule has 0 saturated heterocycles. The number of primary amides is 1. The quantitative estimate of drug-likeness (QED) is 0.643. The predicted octanol–water partition coefficient (Wildman–Crippen LogP) is 1.61. The van der Waals surface area contributed by atoms with Crippen LogP contribution >= 0.6 is 12.4 Å². The Labute approximate surface area is 157 Å². The van der Waals surface area contributed by atoms with Gasteiger partial charge < -0.3 is 26.6 Å². The van der Waals surface area contributed by atoms with E-state index in [0.717, 1.165) is 36.0 Å². The molecule has 4 saturated carbocycles. The van der Waals surface area contributed by atoms with Crippen molar-refractivity contribution in [3.05, 3.63) is 24.0 Å². The predicted molar refractivity (Wildman–Crippen MR) is 101 cm³/mol. The van der Waals surface area contributed by atoms with Crippen molar-refractivity contribution in [3.8, 4) is 0 Å². The van der Waals surface area contributed by atoms with Gasteiger partial charge in [-0.2, -0.15) is 0 Å². The molecule has 2 aromatic heterocycles. The zero-order valence-corrected chi connectivity index (χ0v) is 15.2. The highest BCUT2D eigenvalue weighted by molar-refractivity contribution is 6.06. The first-order chi connectivity index (χ1) is 11.5. The van der Waals surface area contributed by atoms with Crippen LogP contribution in [0.3, 0.4) is 0 Å². The summed E-state index contributed by atoms with van der Waals surface area (Å²) >= 11 is 0. The number of amides is 1. The Morgan fingerprint density at radius 3 is 2.62 bits per heavy atom. The van der Waals surface area contributed by atoms with Gasteiger partial charge in [0.1, 0.15) is 5.65 Å². The van der Waals surface area contributed by atoms with Crippen molar-refractivity contribution in [2.45, 2.75) is 43.7 Å². The molecule has 5 atom stereocenters. The molecule has 4 fully saturated rings. The summed E-state index contributed by atoms with van der Waals surface area (Å²) in [4.78, 5) is 19.3. The molecule has 142 valence electrons. The fourth-order valence-electron chi connectivity index (χ4n) is 5.73. The summed E-state index contributed by atoms with van der Waals surface area (Å²) in [5, 5.41) is 15.3. The summed E-state index contributed by atoms with van der Waals surface area (Å²) in [6.07, 6.45) is 8.42. The maximum Gasteiger partial charge on any atom is 0.252 e. The monoisotopic (exact) mass is 380 g/mol. The number of anilines is 1. The van der Waals surface area contributed by atoms with Crippen LogP contribution in [-0.2, 0) is 0 Å². The van der Waals surface area contributed by atoms with E-state index in [0.29, 0.717) is 29.4 Å². The number of nitrogens with zero attached hydrogens (tertiary/aromatic N) is 1. The minimum atomic E-state index is -0.462. The first-order valence-corrected chi connectivity index (χ1v) is 8.77. The highest BCUT2D eigenvalue weighted by Crippen LogP contribution is 2.56. The van der Waals surface area contributed by atoms with E-state index in [1.54, 1.807) is 6.20 Å². The van der Waals surface area contributed by atoms with Gasteiger partial charge in [0.05, 0.1) is 16.9 Å². The van der Waals surface area contributed by atoms with Gasteiger partial charge in [0.15, 0.2) is 0 Å². The van der Waals surface area contributed by atoms with E-state index in [1.165, 1.54) is 12.8 Å². The molecular weight excluding hydrogens is 356 g/mol. The number of aliphatic hydroxyl groups is 1. The largest absolute Gasteiger partial charge is 0.412 e. The SMILES string of the molecule is Cl.NC(=O)c1cnc2[nH]ccc2c1N[C@H]1[C@@H]2C[C@H]3C[C@H]1C[C@@](O)(C3)C2.O. The molecule has 0 unspecified atom stereocenters. The van der Waals surface area contributed by atoms with E-state index in [1.807, 2.05) is 12.3 Å². The number of nitrogens with one attached hydrogen (secondary N) is 2. The van der Waals surface area contributed by atoms with Crippen molar-refractivity contribution in [2.75, 3.05) is 5.32 Å². The zero-order valence-electron chi connectivity index (χ0n) is 14.4. The molecule has 0 spiro atoms. The molecule has 0 aliphatic heterocycles. The van der Waals surface area contributed by atoms with Crippen molar-refractivity contribution in [2.24, 2.45) is 23.5 Å². The third kappa shape index (κ3) is 2.74. The van der Waals surface area contributed by atoms with Crippen LogP contribution in [-0.4, -0.2) is 38.1 Å². The van der Waals surface area contributed by atoms with Gasteiger partial charge in [0.2, 0.25) is 0 Å². The number of nitrogens with two attached hydrogens (primary N) is 1. The van der Waals surface area contributed by atoms with Crippen LogP contribution in [0.1, 0.15) is 42.5 Å². The number of aromatic nitrogens is 2. The second kappa shape index (κ2) is 6.40. The normalized spacial score (nSPS) is 34.2. The number of aromatic amines is 1. The summed E-state index contributed by atoms with van der Waals surface area (Å²) in [5.74, 6) is 1.12. The van der Waals surface area contributed by atoms with Gasteiger partial charge in [-0.1, -0.05) is 0 Å². The number of hydrogen-bond donors (Lipinski definition) is 4. The summed E-state index contributed by atoms with van der Waals surface area (Å²) in [6.45, 7) is 0. The summed E-state index contributed by atoms with van der Waals surface area (Å²) < 4.78 is 0. The van der Waals surface area contributed by atoms with E-state index in [4.69, 9.17) is 5.73 Å². The van der Waals surface area contributed by atoms with Crippen LogP contribution in [0.2, 0.25) is 0 Å². The molecule has 0 aromatic carbocycles. The Bertz CT molecular complexity index is 823. The van der Waals surface area contributed by atoms with Gasteiger partial charge in [-0.25, -0.2) is 4.98 Å². The van der Waals surface area contributed by atoms with E-state index >= 15 is 0 Å². The topological polar surface area (TPSA) is 136 Å². The number of pyridine rings is 1. The van der Waals surface area contributed by atoms with E-state index < -0.39 is 11.5 Å². The molecule has 7 N–H and O–H groups in total. The van der Waals surface area contributed by atoms with Gasteiger partial charge in [-0.3, -0.25) is 4.79 Å². The van der Waals surface area contributed by atoms with Crippen LogP contribution in [0.5, 0.6) is 0 Å². The minimum Gasteiger partial charge on any atom is -0.412 e. The second-order valence-corrected chi connectivity index (χ2v) is 8.02. The lowest BCUT2D eigenvalue weighted by Crippen LogP contribution is -2.59. The zero-order chi connectivity index (χ0) is 16.5. The number of H-pyrrole nitrogens is 1. The minimum absolute atomic E-state index is 0. The number of carbonyl (C=O) groups is 1. The van der Waals surface area contributed by atoms with Crippen molar-refractivity contribution in [1.29, 1.82) is 0 Å². The van der Waals surface area contributed by atoms with Gasteiger partial charge in [0, 0.05) is 23.8 Å². The van der Waals surface area contributed by atoms with Crippen LogP contribution in [0, 0.1) is 17.8 Å². The summed E-state index contributed by atoms with van der Waals surface area (Å²) in [7, 11) is 0. The maximum absolute atomic E-state index is 11.9. The molecule has 2 heterocycles. The lowest BCUT2D eigenvalue weighted by molar-refractivity contribution is -0.129. The third-order valence-electron chi connectivity index (χ3n) is 6.40. The Morgan fingerprint density at radius 2 is 2.00 bits per heavy atom. The van der Waals surface area contributed by atoms with Crippen LogP contribution in [0.15, 0.2) is 18.5 Å². The van der Waals surface area contributed by atoms with Crippen molar-refractivity contribution >= 4 is 35.0 Å². The number of fused-ring (bicyclic) bond motifs is 1. The lowest BCUT2D eigenvalue weighted by atomic mass is 9.52. The third-order valence-corrected chi connectivity index (χ3v) is 6.40. The van der Waals surface area contributed by atoms with Crippen LogP contribution in [0.25, 0.3) is 11.0 Å². The average molecular weight is 381 g/mol. The van der Waals surface area contributed by atoms with Crippen LogP contribution < -0.4 is 11.1 Å². The number of hydrogen-bond acceptors (Lipinski definition) is 4. The fraction of sp³-hybridized carbons (Fsp3) is 0.556. The highest BCUT2D eigenvalue weighted by Gasteiger charge is 2.54. The van der Waals surface area contributed by atoms with Gasteiger partial charge in [0.25, 0.3) is 5.91 Å². The molecule has 4 bridgehead atoms. The molecule has 0 radical (unpaired) electrons. The van der Waals surface area contributed by atoms with Crippen LogP contribution in [0.4, 0.5) is 5.69 Å². The average Bonchev–Trinajstić information content (AvgIpc) is 2.97. The van der Waals surface area contributed by atoms with Crippen molar-refractivity contribution in [1.82, 2.24) is 9.97 Å². The summed E-state index contributed by atoms with van der Waals surface area (Å²) in [6, 6.07) is 2.22. The molecule has 1 amide bonds. The molecular formula is C18H25ClN4O3. The molecule has 26 heavy (non-hydrogen) atoms.